The topological polar surface area (TPSA) is 92.8 Å². The molecular weight excluding hydrogens is 354 g/mol. The maximum Gasteiger partial charge on any atom is 0.252 e. The van der Waals surface area contributed by atoms with Gasteiger partial charge in [0.25, 0.3) is 5.91 Å². The Bertz CT molecular complexity index is 1110. The molecule has 0 aliphatic rings. The number of para-hydroxylation sites is 1. The number of amides is 1. The van der Waals surface area contributed by atoms with Crippen LogP contribution >= 0.6 is 0 Å². The van der Waals surface area contributed by atoms with Crippen molar-refractivity contribution in [2.24, 2.45) is 0 Å². The number of aryl methyl sites for hydroxylation is 1. The van der Waals surface area contributed by atoms with Crippen molar-refractivity contribution >= 4 is 16.8 Å². The molecule has 2 aromatic carbocycles. The van der Waals surface area contributed by atoms with Gasteiger partial charge >= 0.3 is 0 Å². The van der Waals surface area contributed by atoms with Gasteiger partial charge in [-0.2, -0.15) is 5.10 Å². The summed E-state index contributed by atoms with van der Waals surface area (Å²) in [6, 6.07) is 17.1. The van der Waals surface area contributed by atoms with Crippen LogP contribution in [0.4, 0.5) is 0 Å². The minimum absolute atomic E-state index is 0.192. The third-order valence-electron chi connectivity index (χ3n) is 4.31. The third kappa shape index (κ3) is 3.68. The van der Waals surface area contributed by atoms with Crippen LogP contribution in [0, 0.1) is 6.92 Å². The van der Waals surface area contributed by atoms with E-state index in [1.165, 1.54) is 6.33 Å². The highest BCUT2D eigenvalue weighted by atomic mass is 16.5. The van der Waals surface area contributed by atoms with Crippen molar-refractivity contribution in [3.8, 4) is 17.1 Å². The van der Waals surface area contributed by atoms with Gasteiger partial charge in [0.1, 0.15) is 24.2 Å². The van der Waals surface area contributed by atoms with Crippen molar-refractivity contribution in [1.82, 2.24) is 25.5 Å². The highest BCUT2D eigenvalue weighted by Crippen LogP contribution is 2.24. The fraction of sp³-hybridized carbons (Fsp3) is 0.143. The number of nitrogens with zero attached hydrogens (tertiary/aromatic N) is 3. The van der Waals surface area contributed by atoms with E-state index in [0.29, 0.717) is 35.9 Å². The molecule has 0 bridgehead atoms. The molecule has 0 radical (unpaired) electrons. The van der Waals surface area contributed by atoms with Gasteiger partial charge in [0.15, 0.2) is 5.82 Å². The second-order valence-corrected chi connectivity index (χ2v) is 6.26. The van der Waals surface area contributed by atoms with Crippen LogP contribution in [-0.4, -0.2) is 39.2 Å². The van der Waals surface area contributed by atoms with Crippen LogP contribution in [0.15, 0.2) is 60.9 Å². The zero-order chi connectivity index (χ0) is 19.3. The number of fused-ring (bicyclic) bond motifs is 1. The van der Waals surface area contributed by atoms with Crippen molar-refractivity contribution in [1.29, 1.82) is 0 Å². The Balaban J connectivity index is 1.40. The first-order chi connectivity index (χ1) is 13.7. The highest BCUT2D eigenvalue weighted by molar-refractivity contribution is 6.00. The van der Waals surface area contributed by atoms with Gasteiger partial charge in [-0.1, -0.05) is 36.4 Å². The van der Waals surface area contributed by atoms with Gasteiger partial charge in [0.2, 0.25) is 0 Å². The summed E-state index contributed by atoms with van der Waals surface area (Å²) in [5, 5.41) is 10.5. The molecule has 4 aromatic rings. The molecule has 0 unspecified atom stereocenters. The number of nitrogens with one attached hydrogen (secondary N) is 2. The van der Waals surface area contributed by atoms with E-state index in [-0.39, 0.29) is 5.91 Å². The molecule has 140 valence electrons. The van der Waals surface area contributed by atoms with E-state index in [4.69, 9.17) is 4.74 Å². The smallest absolute Gasteiger partial charge is 0.252 e. The number of hydrogen-bond donors (Lipinski definition) is 2. The Morgan fingerprint density at radius 1 is 1.11 bits per heavy atom. The number of pyridine rings is 1. The number of aromatic amines is 1. The summed E-state index contributed by atoms with van der Waals surface area (Å²) < 4.78 is 5.86. The molecule has 0 saturated heterocycles. The summed E-state index contributed by atoms with van der Waals surface area (Å²) >= 11 is 0. The van der Waals surface area contributed by atoms with Crippen molar-refractivity contribution in [3.63, 3.8) is 0 Å². The van der Waals surface area contributed by atoms with Crippen molar-refractivity contribution in [2.75, 3.05) is 13.2 Å². The lowest BCUT2D eigenvalue weighted by molar-refractivity contribution is 0.0947. The Morgan fingerprint density at radius 2 is 2.00 bits per heavy atom. The van der Waals surface area contributed by atoms with Crippen LogP contribution in [0.3, 0.4) is 0 Å². The molecule has 0 atom stereocenters. The summed E-state index contributed by atoms with van der Waals surface area (Å²) in [6.45, 7) is 2.65. The molecule has 0 aliphatic carbocycles. The first kappa shape index (κ1) is 17.7. The number of aromatic nitrogens is 4. The molecule has 28 heavy (non-hydrogen) atoms. The number of ether oxygens (including phenoxy) is 1. The van der Waals surface area contributed by atoms with Crippen molar-refractivity contribution in [2.45, 2.75) is 6.92 Å². The lowest BCUT2D eigenvalue weighted by atomic mass is 10.1. The summed E-state index contributed by atoms with van der Waals surface area (Å²) in [5.74, 6) is 1.07. The standard InChI is InChI=1S/C21H19N5O2/c1-14-9-10-15-5-4-8-18(19(15)25-14)28-12-11-22-21(27)17-7-3-2-6-16(17)20-23-13-24-26-20/h2-10,13H,11-12H2,1H3,(H,22,27)(H,23,24,26). The van der Waals surface area contributed by atoms with Crippen LogP contribution < -0.4 is 10.1 Å². The first-order valence-corrected chi connectivity index (χ1v) is 8.94. The fourth-order valence-corrected chi connectivity index (χ4v) is 2.98. The molecule has 0 fully saturated rings. The summed E-state index contributed by atoms with van der Waals surface area (Å²) in [5.41, 5.74) is 2.99. The summed E-state index contributed by atoms with van der Waals surface area (Å²) in [7, 11) is 0. The van der Waals surface area contributed by atoms with Crippen molar-refractivity contribution in [3.05, 3.63) is 72.2 Å². The molecular formula is C21H19N5O2. The monoisotopic (exact) mass is 373 g/mol. The van der Waals surface area contributed by atoms with Gasteiger partial charge in [-0.25, -0.2) is 9.97 Å². The van der Waals surface area contributed by atoms with Gasteiger partial charge in [0, 0.05) is 16.6 Å². The van der Waals surface area contributed by atoms with Crippen LogP contribution in [0.2, 0.25) is 0 Å². The van der Waals surface area contributed by atoms with Gasteiger partial charge in [0.05, 0.1) is 12.1 Å². The highest BCUT2D eigenvalue weighted by Gasteiger charge is 2.13. The fourth-order valence-electron chi connectivity index (χ4n) is 2.98. The molecule has 0 aliphatic heterocycles. The number of hydrogen-bond acceptors (Lipinski definition) is 5. The Kier molecular flexibility index (Phi) is 4.97. The number of rotatable bonds is 6. The first-order valence-electron chi connectivity index (χ1n) is 8.94. The molecule has 7 heteroatoms. The van der Waals surface area contributed by atoms with Crippen LogP contribution in [0.1, 0.15) is 16.1 Å². The molecule has 0 spiro atoms. The van der Waals surface area contributed by atoms with E-state index < -0.39 is 0 Å². The maximum absolute atomic E-state index is 12.6. The lowest BCUT2D eigenvalue weighted by Gasteiger charge is -2.11. The minimum atomic E-state index is -0.192. The van der Waals surface area contributed by atoms with E-state index >= 15 is 0 Å². The van der Waals surface area contributed by atoms with E-state index in [1.807, 2.05) is 55.5 Å². The van der Waals surface area contributed by atoms with Crippen molar-refractivity contribution < 1.29 is 9.53 Å². The predicted molar refractivity (Wildman–Crippen MR) is 106 cm³/mol. The van der Waals surface area contributed by atoms with Crippen LogP contribution in [0.5, 0.6) is 5.75 Å². The average Bonchev–Trinajstić information content (AvgIpc) is 3.26. The van der Waals surface area contributed by atoms with Gasteiger partial charge < -0.3 is 10.1 Å². The number of carbonyl (C=O) groups excluding carboxylic acids is 1. The number of carbonyl (C=O) groups is 1. The number of benzene rings is 2. The summed E-state index contributed by atoms with van der Waals surface area (Å²) in [6.07, 6.45) is 1.41. The molecule has 2 aromatic heterocycles. The minimum Gasteiger partial charge on any atom is -0.489 e. The van der Waals surface area contributed by atoms with Gasteiger partial charge in [-0.05, 0) is 25.1 Å². The van der Waals surface area contributed by atoms with Crippen LogP contribution in [-0.2, 0) is 0 Å². The van der Waals surface area contributed by atoms with Gasteiger partial charge in [-0.15, -0.1) is 0 Å². The SMILES string of the molecule is Cc1ccc2cccc(OCCNC(=O)c3ccccc3-c3ncn[nH]3)c2n1. The van der Waals surface area contributed by atoms with E-state index in [1.54, 1.807) is 6.07 Å². The molecule has 4 rings (SSSR count). The maximum atomic E-state index is 12.6. The second-order valence-electron chi connectivity index (χ2n) is 6.26. The number of H-pyrrole nitrogens is 1. The quantitative estimate of drug-likeness (QED) is 0.507. The molecule has 2 N–H and O–H groups in total. The van der Waals surface area contributed by atoms with E-state index in [0.717, 1.165) is 16.6 Å². The normalized spacial score (nSPS) is 10.8. The molecule has 1 amide bonds. The van der Waals surface area contributed by atoms with E-state index in [9.17, 15) is 4.79 Å². The molecule has 7 nitrogen and oxygen atoms in total. The zero-order valence-electron chi connectivity index (χ0n) is 15.3. The Hall–Kier alpha value is -3.74. The van der Waals surface area contributed by atoms with Gasteiger partial charge in [-0.3, -0.25) is 9.89 Å². The average molecular weight is 373 g/mol. The third-order valence-corrected chi connectivity index (χ3v) is 4.31. The lowest BCUT2D eigenvalue weighted by Crippen LogP contribution is -2.28. The second kappa shape index (κ2) is 7.87. The van der Waals surface area contributed by atoms with Crippen LogP contribution in [0.25, 0.3) is 22.3 Å². The molecule has 0 saturated carbocycles. The Morgan fingerprint density at radius 3 is 2.86 bits per heavy atom. The largest absolute Gasteiger partial charge is 0.489 e. The molecule has 2 heterocycles. The Labute approximate surface area is 161 Å². The van der Waals surface area contributed by atoms with E-state index in [2.05, 4.69) is 25.5 Å². The predicted octanol–water partition coefficient (Wildman–Crippen LogP) is 3.14. The zero-order valence-corrected chi connectivity index (χ0v) is 15.3. The summed E-state index contributed by atoms with van der Waals surface area (Å²) in [4.78, 5) is 21.3.